The lowest BCUT2D eigenvalue weighted by Crippen LogP contribution is -2.22. The third kappa shape index (κ3) is 3.77. The molecule has 0 aromatic heterocycles. The van der Waals surface area contributed by atoms with Gasteiger partial charge in [0.05, 0.1) is 0 Å². The summed E-state index contributed by atoms with van der Waals surface area (Å²) in [5.41, 5.74) is 0. The van der Waals surface area contributed by atoms with Gasteiger partial charge in [0.25, 0.3) is 0 Å². The van der Waals surface area contributed by atoms with Crippen LogP contribution in [0.5, 0.6) is 0 Å². The van der Waals surface area contributed by atoms with Crippen molar-refractivity contribution in [3.8, 4) is 0 Å². The molecule has 1 unspecified atom stereocenters. The van der Waals surface area contributed by atoms with E-state index in [1.54, 1.807) is 0 Å². The Labute approximate surface area is 98.8 Å². The SMILES string of the molecule is C=CC(=O)SC(CBr)C1CCCCC1. The van der Waals surface area contributed by atoms with Crippen molar-refractivity contribution in [3.05, 3.63) is 12.7 Å². The zero-order valence-corrected chi connectivity index (χ0v) is 10.8. The molecule has 0 N–H and O–H groups in total. The van der Waals surface area contributed by atoms with Gasteiger partial charge < -0.3 is 0 Å². The van der Waals surface area contributed by atoms with Crippen molar-refractivity contribution in [1.82, 2.24) is 0 Å². The summed E-state index contributed by atoms with van der Waals surface area (Å²) >= 11 is 4.95. The Kier molecular flexibility index (Phi) is 5.87. The van der Waals surface area contributed by atoms with Crippen LogP contribution in [0.1, 0.15) is 32.1 Å². The molecule has 1 rings (SSSR count). The largest absolute Gasteiger partial charge is 0.282 e. The minimum atomic E-state index is 0.111. The quantitative estimate of drug-likeness (QED) is 0.574. The molecule has 0 radical (unpaired) electrons. The second kappa shape index (κ2) is 6.67. The lowest BCUT2D eigenvalue weighted by Gasteiger charge is -2.27. The number of alkyl halides is 1. The summed E-state index contributed by atoms with van der Waals surface area (Å²) in [5.74, 6) is 0.719. The molecular formula is C11H17BrOS. The van der Waals surface area contributed by atoms with Gasteiger partial charge in [-0.05, 0) is 24.8 Å². The Morgan fingerprint density at radius 1 is 1.50 bits per heavy atom. The molecule has 1 aliphatic carbocycles. The van der Waals surface area contributed by atoms with Crippen molar-refractivity contribution in [3.63, 3.8) is 0 Å². The minimum absolute atomic E-state index is 0.111. The van der Waals surface area contributed by atoms with Crippen LogP contribution in [0.4, 0.5) is 0 Å². The van der Waals surface area contributed by atoms with E-state index in [2.05, 4.69) is 22.5 Å². The first-order valence-corrected chi connectivity index (χ1v) is 7.17. The molecule has 0 aliphatic heterocycles. The average molecular weight is 277 g/mol. The maximum Gasteiger partial charge on any atom is 0.211 e. The normalized spacial score (nSPS) is 20.4. The van der Waals surface area contributed by atoms with Gasteiger partial charge in [-0.3, -0.25) is 4.79 Å². The standard InChI is InChI=1S/C11H17BrOS/c1-2-11(13)14-10(8-12)9-6-4-3-5-7-9/h2,9-10H,1,3-8H2. The van der Waals surface area contributed by atoms with Gasteiger partial charge in [-0.15, -0.1) is 0 Å². The molecule has 14 heavy (non-hydrogen) atoms. The summed E-state index contributed by atoms with van der Waals surface area (Å²) in [7, 11) is 0. The molecule has 1 aliphatic rings. The van der Waals surface area contributed by atoms with Crippen molar-refractivity contribution in [2.75, 3.05) is 5.33 Å². The fraction of sp³-hybridized carbons (Fsp3) is 0.727. The highest BCUT2D eigenvalue weighted by Gasteiger charge is 2.24. The maximum absolute atomic E-state index is 11.2. The summed E-state index contributed by atoms with van der Waals surface area (Å²) < 4.78 is 0. The molecule has 0 spiro atoms. The Bertz CT molecular complexity index is 199. The van der Waals surface area contributed by atoms with Gasteiger partial charge in [0, 0.05) is 10.6 Å². The van der Waals surface area contributed by atoms with Crippen LogP contribution in [0, 0.1) is 5.92 Å². The highest BCUT2D eigenvalue weighted by Crippen LogP contribution is 2.33. The van der Waals surface area contributed by atoms with Crippen LogP contribution in [-0.4, -0.2) is 15.7 Å². The first-order chi connectivity index (χ1) is 6.77. The van der Waals surface area contributed by atoms with E-state index in [0.29, 0.717) is 5.25 Å². The summed E-state index contributed by atoms with van der Waals surface area (Å²) in [5, 5.41) is 1.47. The van der Waals surface area contributed by atoms with Gasteiger partial charge in [-0.25, -0.2) is 0 Å². The van der Waals surface area contributed by atoms with Crippen LogP contribution < -0.4 is 0 Å². The van der Waals surface area contributed by atoms with Crippen LogP contribution in [0.2, 0.25) is 0 Å². The van der Waals surface area contributed by atoms with Gasteiger partial charge in [0.1, 0.15) is 0 Å². The molecule has 80 valence electrons. The number of carbonyl (C=O) groups excluding carboxylic acids is 1. The zero-order valence-electron chi connectivity index (χ0n) is 8.38. The van der Waals surface area contributed by atoms with Crippen molar-refractivity contribution in [2.45, 2.75) is 37.4 Å². The highest BCUT2D eigenvalue weighted by molar-refractivity contribution is 9.09. The Morgan fingerprint density at radius 3 is 2.64 bits per heavy atom. The monoisotopic (exact) mass is 276 g/mol. The fourth-order valence-corrected chi connectivity index (χ4v) is 3.80. The minimum Gasteiger partial charge on any atom is -0.282 e. The Morgan fingerprint density at radius 2 is 2.14 bits per heavy atom. The molecular weight excluding hydrogens is 260 g/mol. The Balaban J connectivity index is 2.42. The van der Waals surface area contributed by atoms with E-state index in [4.69, 9.17) is 0 Å². The number of hydrogen-bond acceptors (Lipinski definition) is 2. The Hall–Kier alpha value is 0.240. The molecule has 0 aromatic carbocycles. The van der Waals surface area contributed by atoms with Gasteiger partial charge in [-0.1, -0.05) is 53.5 Å². The summed E-state index contributed by atoms with van der Waals surface area (Å²) in [6, 6.07) is 0. The second-order valence-corrected chi connectivity index (χ2v) is 5.62. The van der Waals surface area contributed by atoms with E-state index in [-0.39, 0.29) is 5.12 Å². The van der Waals surface area contributed by atoms with E-state index >= 15 is 0 Å². The van der Waals surface area contributed by atoms with Crippen molar-refractivity contribution >= 4 is 32.8 Å². The summed E-state index contributed by atoms with van der Waals surface area (Å²) in [6.07, 6.45) is 8.02. The molecule has 1 saturated carbocycles. The number of rotatable bonds is 4. The van der Waals surface area contributed by atoms with Crippen LogP contribution in [-0.2, 0) is 4.79 Å². The number of thioether (sulfide) groups is 1. The van der Waals surface area contributed by atoms with E-state index in [1.165, 1.54) is 49.9 Å². The molecule has 0 bridgehead atoms. The second-order valence-electron chi connectivity index (χ2n) is 3.73. The lowest BCUT2D eigenvalue weighted by molar-refractivity contribution is -0.107. The topological polar surface area (TPSA) is 17.1 Å². The van der Waals surface area contributed by atoms with E-state index in [0.717, 1.165) is 11.2 Å². The fourth-order valence-electron chi connectivity index (χ4n) is 1.96. The first-order valence-electron chi connectivity index (χ1n) is 5.17. The van der Waals surface area contributed by atoms with E-state index in [1.807, 2.05) is 0 Å². The predicted molar refractivity (Wildman–Crippen MR) is 67.0 cm³/mol. The van der Waals surface area contributed by atoms with Gasteiger partial charge in [0.2, 0.25) is 5.12 Å². The molecule has 1 fully saturated rings. The van der Waals surface area contributed by atoms with Gasteiger partial charge in [0.15, 0.2) is 0 Å². The summed E-state index contributed by atoms with van der Waals surface area (Å²) in [4.78, 5) is 11.2. The number of carbonyl (C=O) groups is 1. The van der Waals surface area contributed by atoms with Crippen LogP contribution in [0.3, 0.4) is 0 Å². The van der Waals surface area contributed by atoms with E-state index in [9.17, 15) is 4.79 Å². The van der Waals surface area contributed by atoms with Crippen LogP contribution in [0.15, 0.2) is 12.7 Å². The van der Waals surface area contributed by atoms with Crippen molar-refractivity contribution in [1.29, 1.82) is 0 Å². The molecule has 0 aromatic rings. The van der Waals surface area contributed by atoms with Crippen molar-refractivity contribution in [2.24, 2.45) is 5.92 Å². The molecule has 1 atom stereocenters. The number of hydrogen-bond donors (Lipinski definition) is 0. The highest BCUT2D eigenvalue weighted by atomic mass is 79.9. The molecule has 0 amide bonds. The van der Waals surface area contributed by atoms with E-state index < -0.39 is 0 Å². The number of halogens is 1. The van der Waals surface area contributed by atoms with Gasteiger partial charge >= 0.3 is 0 Å². The smallest absolute Gasteiger partial charge is 0.211 e. The molecule has 0 heterocycles. The predicted octanol–water partition coefficient (Wildman–Crippen LogP) is 3.78. The van der Waals surface area contributed by atoms with Crippen LogP contribution in [0.25, 0.3) is 0 Å². The first kappa shape index (κ1) is 12.3. The van der Waals surface area contributed by atoms with Crippen LogP contribution >= 0.6 is 27.7 Å². The third-order valence-corrected chi connectivity index (χ3v) is 5.14. The zero-order chi connectivity index (χ0) is 10.4. The van der Waals surface area contributed by atoms with Crippen molar-refractivity contribution < 1.29 is 4.79 Å². The lowest BCUT2D eigenvalue weighted by atomic mass is 9.87. The maximum atomic E-state index is 11.2. The van der Waals surface area contributed by atoms with Gasteiger partial charge in [-0.2, -0.15) is 0 Å². The average Bonchev–Trinajstić information content (AvgIpc) is 2.26. The third-order valence-electron chi connectivity index (χ3n) is 2.76. The molecule has 1 nitrogen and oxygen atoms in total. The summed E-state index contributed by atoms with van der Waals surface area (Å²) in [6.45, 7) is 3.51. The molecule has 3 heteroatoms. The molecule has 0 saturated heterocycles.